The van der Waals surface area contributed by atoms with Crippen molar-refractivity contribution in [3.63, 3.8) is 0 Å². The van der Waals surface area contributed by atoms with Gasteiger partial charge in [0.05, 0.1) is 11.4 Å². The molecule has 1 aromatic heterocycles. The molecule has 2 nitrogen and oxygen atoms in total. The molecule has 8 aromatic carbocycles. The molecule has 0 amide bonds. The fourth-order valence-electron chi connectivity index (χ4n) is 6.79. The summed E-state index contributed by atoms with van der Waals surface area (Å²) in [6.07, 6.45) is 0. The molecule has 0 radical (unpaired) electrons. The minimum atomic E-state index is 0.897. The molecule has 0 atom stereocenters. The molecular formula is C44H29NO. The van der Waals surface area contributed by atoms with Crippen LogP contribution in [0.5, 0.6) is 0 Å². The van der Waals surface area contributed by atoms with Crippen molar-refractivity contribution in [1.29, 1.82) is 0 Å². The highest BCUT2D eigenvalue weighted by Gasteiger charge is 2.20. The molecule has 1 heterocycles. The van der Waals surface area contributed by atoms with Gasteiger partial charge in [0.15, 0.2) is 0 Å². The van der Waals surface area contributed by atoms with Gasteiger partial charge in [0.25, 0.3) is 0 Å². The maximum absolute atomic E-state index is 6.35. The SMILES string of the molecule is c1ccc(-c2ccc(N(c3ccccc3-c3ccc4oc5cc6ccccc6cc5c4c3)c3cccc4ccccc34)cc2)cc1. The smallest absolute Gasteiger partial charge is 0.136 e. The van der Waals surface area contributed by atoms with Gasteiger partial charge in [-0.2, -0.15) is 0 Å². The van der Waals surface area contributed by atoms with Crippen molar-refractivity contribution in [3.05, 3.63) is 176 Å². The Morgan fingerprint density at radius 1 is 0.348 bits per heavy atom. The third-order valence-electron chi connectivity index (χ3n) is 9.03. The average molecular weight is 588 g/mol. The summed E-state index contributed by atoms with van der Waals surface area (Å²) < 4.78 is 6.35. The van der Waals surface area contributed by atoms with Gasteiger partial charge in [-0.05, 0) is 81.4 Å². The summed E-state index contributed by atoms with van der Waals surface area (Å²) >= 11 is 0. The van der Waals surface area contributed by atoms with E-state index in [9.17, 15) is 0 Å². The van der Waals surface area contributed by atoms with E-state index in [1.807, 2.05) is 0 Å². The Morgan fingerprint density at radius 3 is 1.80 bits per heavy atom. The molecule has 9 rings (SSSR count). The lowest BCUT2D eigenvalue weighted by Gasteiger charge is -2.29. The van der Waals surface area contributed by atoms with Crippen LogP contribution >= 0.6 is 0 Å². The summed E-state index contributed by atoms with van der Waals surface area (Å²) in [5, 5.41) is 7.07. The molecule has 2 heteroatoms. The van der Waals surface area contributed by atoms with Crippen LogP contribution in [0.25, 0.3) is 65.7 Å². The zero-order chi connectivity index (χ0) is 30.5. The first-order valence-corrected chi connectivity index (χ1v) is 15.7. The van der Waals surface area contributed by atoms with Crippen LogP contribution in [0.15, 0.2) is 180 Å². The third kappa shape index (κ3) is 4.43. The lowest BCUT2D eigenvalue weighted by molar-refractivity contribution is 0.669. The van der Waals surface area contributed by atoms with Crippen molar-refractivity contribution in [2.75, 3.05) is 4.90 Å². The molecule has 0 aliphatic carbocycles. The Balaban J connectivity index is 1.25. The summed E-state index contributed by atoms with van der Waals surface area (Å²) in [7, 11) is 0. The van der Waals surface area contributed by atoms with Crippen LogP contribution in [-0.4, -0.2) is 0 Å². The van der Waals surface area contributed by atoms with Crippen LogP contribution in [0, 0.1) is 0 Å². The van der Waals surface area contributed by atoms with Gasteiger partial charge in [0, 0.05) is 27.4 Å². The number of hydrogen-bond donors (Lipinski definition) is 0. The molecule has 0 spiro atoms. The largest absolute Gasteiger partial charge is 0.456 e. The second-order valence-corrected chi connectivity index (χ2v) is 11.8. The third-order valence-corrected chi connectivity index (χ3v) is 9.03. The molecule has 9 aromatic rings. The molecular weight excluding hydrogens is 558 g/mol. The minimum Gasteiger partial charge on any atom is -0.456 e. The van der Waals surface area contributed by atoms with Crippen LogP contribution in [0.3, 0.4) is 0 Å². The minimum absolute atomic E-state index is 0.897. The fraction of sp³-hybridized carbons (Fsp3) is 0. The van der Waals surface area contributed by atoms with Gasteiger partial charge in [-0.3, -0.25) is 0 Å². The number of hydrogen-bond acceptors (Lipinski definition) is 2. The second kappa shape index (κ2) is 10.8. The highest BCUT2D eigenvalue weighted by atomic mass is 16.3. The summed E-state index contributed by atoms with van der Waals surface area (Å²) in [4.78, 5) is 2.40. The van der Waals surface area contributed by atoms with Crippen LogP contribution in [0.1, 0.15) is 0 Å². The van der Waals surface area contributed by atoms with Gasteiger partial charge in [-0.25, -0.2) is 0 Å². The van der Waals surface area contributed by atoms with Crippen molar-refractivity contribution in [2.24, 2.45) is 0 Å². The van der Waals surface area contributed by atoms with E-state index >= 15 is 0 Å². The van der Waals surface area contributed by atoms with E-state index in [1.54, 1.807) is 0 Å². The van der Waals surface area contributed by atoms with Gasteiger partial charge in [-0.1, -0.05) is 127 Å². The molecule has 0 N–H and O–H groups in total. The first-order chi connectivity index (χ1) is 22.8. The Labute approximate surface area is 267 Å². The zero-order valence-corrected chi connectivity index (χ0v) is 25.1. The summed E-state index contributed by atoms with van der Waals surface area (Å²) in [5.74, 6) is 0. The maximum Gasteiger partial charge on any atom is 0.136 e. The van der Waals surface area contributed by atoms with E-state index < -0.39 is 0 Å². The Kier molecular flexibility index (Phi) is 6.17. The molecule has 216 valence electrons. The van der Waals surface area contributed by atoms with Crippen molar-refractivity contribution in [2.45, 2.75) is 0 Å². The van der Waals surface area contributed by atoms with E-state index in [4.69, 9.17) is 4.42 Å². The molecule has 0 aliphatic heterocycles. The summed E-state index contributed by atoms with van der Waals surface area (Å²) in [5.41, 5.74) is 9.86. The van der Waals surface area contributed by atoms with Crippen molar-refractivity contribution < 1.29 is 4.42 Å². The number of furan rings is 1. The topological polar surface area (TPSA) is 16.4 Å². The summed E-state index contributed by atoms with van der Waals surface area (Å²) in [6.45, 7) is 0. The number of nitrogens with zero attached hydrogens (tertiary/aromatic N) is 1. The fourth-order valence-corrected chi connectivity index (χ4v) is 6.79. The monoisotopic (exact) mass is 587 g/mol. The first-order valence-electron chi connectivity index (χ1n) is 15.7. The van der Waals surface area contributed by atoms with Crippen molar-refractivity contribution in [1.82, 2.24) is 0 Å². The zero-order valence-electron chi connectivity index (χ0n) is 25.1. The van der Waals surface area contributed by atoms with Crippen LogP contribution in [0.4, 0.5) is 17.1 Å². The van der Waals surface area contributed by atoms with E-state index in [0.717, 1.165) is 50.1 Å². The van der Waals surface area contributed by atoms with Crippen LogP contribution < -0.4 is 4.90 Å². The predicted molar refractivity (Wildman–Crippen MR) is 194 cm³/mol. The molecule has 0 fully saturated rings. The number of fused-ring (bicyclic) bond motifs is 5. The number of benzene rings is 8. The van der Waals surface area contributed by atoms with E-state index in [-0.39, 0.29) is 0 Å². The molecule has 46 heavy (non-hydrogen) atoms. The van der Waals surface area contributed by atoms with Gasteiger partial charge >= 0.3 is 0 Å². The number of anilines is 3. The highest BCUT2D eigenvalue weighted by Crippen LogP contribution is 2.44. The normalized spacial score (nSPS) is 11.5. The van der Waals surface area contributed by atoms with Crippen LogP contribution in [-0.2, 0) is 0 Å². The predicted octanol–water partition coefficient (Wildman–Crippen LogP) is 12.7. The summed E-state index contributed by atoms with van der Waals surface area (Å²) in [6, 6.07) is 62.8. The van der Waals surface area contributed by atoms with Gasteiger partial charge < -0.3 is 9.32 Å². The quantitative estimate of drug-likeness (QED) is 0.199. The number of para-hydroxylation sites is 1. The van der Waals surface area contributed by atoms with Crippen molar-refractivity contribution >= 4 is 60.5 Å². The molecule has 0 bridgehead atoms. The van der Waals surface area contributed by atoms with Crippen molar-refractivity contribution in [3.8, 4) is 22.3 Å². The lowest BCUT2D eigenvalue weighted by Crippen LogP contribution is -2.11. The van der Waals surface area contributed by atoms with Crippen LogP contribution in [0.2, 0.25) is 0 Å². The molecule has 0 aliphatic rings. The maximum atomic E-state index is 6.35. The lowest BCUT2D eigenvalue weighted by atomic mass is 9.98. The van der Waals surface area contributed by atoms with E-state index in [2.05, 4.69) is 181 Å². The average Bonchev–Trinajstić information content (AvgIpc) is 3.48. The van der Waals surface area contributed by atoms with E-state index in [1.165, 1.54) is 32.7 Å². The van der Waals surface area contributed by atoms with Gasteiger partial charge in [-0.15, -0.1) is 0 Å². The molecule has 0 saturated heterocycles. The first kappa shape index (κ1) is 26.3. The van der Waals surface area contributed by atoms with Gasteiger partial charge in [0.2, 0.25) is 0 Å². The Bertz CT molecular complexity index is 2520. The Hall–Kier alpha value is -6.12. The Morgan fingerprint density at radius 2 is 0.957 bits per heavy atom. The highest BCUT2D eigenvalue weighted by molar-refractivity contribution is 6.11. The molecule has 0 unspecified atom stereocenters. The number of rotatable bonds is 5. The molecule has 0 saturated carbocycles. The van der Waals surface area contributed by atoms with Gasteiger partial charge in [0.1, 0.15) is 11.2 Å². The standard InChI is InChI=1S/C44H29NO/c1-2-11-30(12-3-1)31-21-24-36(25-22-31)45(42-20-10-16-32-13-6-7-17-37(32)42)41-19-9-8-18-38(41)35-23-26-43-39(28-35)40-27-33-14-4-5-15-34(33)29-44(40)46-43/h1-29H. The second-order valence-electron chi connectivity index (χ2n) is 11.8. The van der Waals surface area contributed by atoms with E-state index in [0.29, 0.717) is 0 Å².